The predicted molar refractivity (Wildman–Crippen MR) is 72.2 cm³/mol. The first kappa shape index (κ1) is 16.6. The number of rotatable bonds is 4. The number of aromatic nitrogens is 4. The molecule has 0 aliphatic carbocycles. The Bertz CT molecular complexity index is 819. The van der Waals surface area contributed by atoms with E-state index in [0.29, 0.717) is 11.2 Å². The highest BCUT2D eigenvalue weighted by molar-refractivity contribution is 7.71. The highest BCUT2D eigenvalue weighted by Crippen LogP contribution is 2.34. The van der Waals surface area contributed by atoms with E-state index in [9.17, 15) is 24.6 Å². The minimum Gasteiger partial charge on any atom is -0.790 e. The van der Waals surface area contributed by atoms with Gasteiger partial charge in [-0.2, -0.15) is 0 Å². The Hall–Kier alpha value is -1.24. The Morgan fingerprint density at radius 3 is 2.87 bits per heavy atom. The minimum absolute atomic E-state index is 0.240. The summed E-state index contributed by atoms with van der Waals surface area (Å²) < 4.78 is 21.6. The average Bonchev–Trinajstić information content (AvgIpc) is 3.01. The molecule has 2 aromatic rings. The van der Waals surface area contributed by atoms with Crippen molar-refractivity contribution in [2.24, 2.45) is 0 Å². The molecule has 3 heterocycles. The van der Waals surface area contributed by atoms with Crippen molar-refractivity contribution in [3.63, 3.8) is 0 Å². The van der Waals surface area contributed by atoms with E-state index >= 15 is 0 Å². The molecule has 126 valence electrons. The molecule has 0 bridgehead atoms. The molecule has 13 heteroatoms. The number of imidazole rings is 1. The van der Waals surface area contributed by atoms with Gasteiger partial charge in [-0.3, -0.25) is 4.57 Å². The van der Waals surface area contributed by atoms with Crippen LogP contribution in [0.5, 0.6) is 0 Å². The Kier molecular flexibility index (Phi) is 4.33. The van der Waals surface area contributed by atoms with Crippen LogP contribution in [0.2, 0.25) is 0 Å². The molecule has 1 fully saturated rings. The van der Waals surface area contributed by atoms with E-state index in [-0.39, 0.29) is 4.64 Å². The second-order valence-electron chi connectivity index (χ2n) is 4.85. The Morgan fingerprint density at radius 2 is 2.17 bits per heavy atom. The molecule has 1 aliphatic rings. The number of H-pyrrole nitrogens is 1. The van der Waals surface area contributed by atoms with E-state index in [2.05, 4.69) is 19.5 Å². The number of hydrogen-bond donors (Lipinski definition) is 3. The average molecular weight is 362 g/mol. The summed E-state index contributed by atoms with van der Waals surface area (Å²) in [4.78, 5) is 31.7. The minimum atomic E-state index is -5.21. The van der Waals surface area contributed by atoms with Crippen molar-refractivity contribution in [2.75, 3.05) is 6.61 Å². The zero-order chi connectivity index (χ0) is 16.8. The number of nitrogens with one attached hydrogen (secondary N) is 1. The summed E-state index contributed by atoms with van der Waals surface area (Å²) >= 11 is 5.02. The molecule has 4 unspecified atom stereocenters. The van der Waals surface area contributed by atoms with E-state index < -0.39 is 39.0 Å². The summed E-state index contributed by atoms with van der Waals surface area (Å²) in [7, 11) is -5.21. The number of aliphatic hydroxyl groups excluding tert-OH is 2. The molecule has 0 radical (unpaired) electrons. The molecular weight excluding hydrogens is 351 g/mol. The molecule has 11 nitrogen and oxygen atoms in total. The first-order chi connectivity index (χ1) is 10.8. The van der Waals surface area contributed by atoms with Crippen LogP contribution in [0, 0.1) is 4.64 Å². The Labute approximate surface area is 133 Å². The van der Waals surface area contributed by atoms with Crippen molar-refractivity contribution in [1.82, 2.24) is 19.5 Å². The Morgan fingerprint density at radius 1 is 1.43 bits per heavy atom. The summed E-state index contributed by atoms with van der Waals surface area (Å²) in [6.07, 6.45) is -2.45. The third kappa shape index (κ3) is 3.20. The van der Waals surface area contributed by atoms with Crippen LogP contribution in [-0.2, 0) is 13.8 Å². The highest BCUT2D eigenvalue weighted by Gasteiger charge is 2.44. The maximum atomic E-state index is 10.5. The number of nitrogens with zero attached hydrogens (tertiary/aromatic N) is 3. The maximum absolute atomic E-state index is 10.5. The van der Waals surface area contributed by atoms with Gasteiger partial charge in [0.1, 0.15) is 29.5 Å². The van der Waals surface area contributed by atoms with Crippen molar-refractivity contribution < 1.29 is 33.8 Å². The van der Waals surface area contributed by atoms with Gasteiger partial charge in [0, 0.05) is 0 Å². The number of aliphatic hydroxyl groups is 2. The van der Waals surface area contributed by atoms with E-state index in [1.165, 1.54) is 17.2 Å². The van der Waals surface area contributed by atoms with Crippen LogP contribution in [0.3, 0.4) is 0 Å². The molecule has 2 aromatic heterocycles. The fourth-order valence-corrected chi connectivity index (χ4v) is 2.86. The molecule has 4 atom stereocenters. The number of hydrogen-bond acceptors (Lipinski definition) is 10. The van der Waals surface area contributed by atoms with Crippen LogP contribution in [0.1, 0.15) is 6.23 Å². The van der Waals surface area contributed by atoms with Crippen molar-refractivity contribution in [2.45, 2.75) is 24.5 Å². The maximum Gasteiger partial charge on any atom is 0.165 e. The van der Waals surface area contributed by atoms with Crippen LogP contribution < -0.4 is 9.79 Å². The second kappa shape index (κ2) is 6.00. The zero-order valence-electron chi connectivity index (χ0n) is 11.3. The summed E-state index contributed by atoms with van der Waals surface area (Å²) in [5, 5.41) is 20.0. The third-order valence-electron chi connectivity index (χ3n) is 3.39. The lowest BCUT2D eigenvalue weighted by molar-refractivity contribution is -0.343. The van der Waals surface area contributed by atoms with Gasteiger partial charge in [0.2, 0.25) is 0 Å². The lowest BCUT2D eigenvalue weighted by atomic mass is 10.1. The molecule has 0 aromatic carbocycles. The van der Waals surface area contributed by atoms with Gasteiger partial charge in [-0.1, -0.05) is 12.2 Å². The molecule has 1 saturated heterocycles. The smallest absolute Gasteiger partial charge is 0.165 e. The molecule has 0 saturated carbocycles. The van der Waals surface area contributed by atoms with Crippen LogP contribution >= 0.6 is 20.0 Å². The lowest BCUT2D eigenvalue weighted by Crippen LogP contribution is -2.34. The van der Waals surface area contributed by atoms with Gasteiger partial charge in [0.15, 0.2) is 10.9 Å². The molecule has 23 heavy (non-hydrogen) atoms. The normalized spacial score (nSPS) is 28.5. The topological polar surface area (TPSA) is 169 Å². The van der Waals surface area contributed by atoms with Crippen molar-refractivity contribution in [1.29, 1.82) is 0 Å². The fourth-order valence-electron chi connectivity index (χ4n) is 2.33. The molecular formula is C10H11N4O7PS-2. The highest BCUT2D eigenvalue weighted by atomic mass is 32.1. The first-order valence-corrected chi connectivity index (χ1v) is 8.23. The van der Waals surface area contributed by atoms with Crippen LogP contribution in [-0.4, -0.2) is 54.7 Å². The molecule has 0 spiro atoms. The van der Waals surface area contributed by atoms with Gasteiger partial charge in [-0.15, -0.1) is 0 Å². The van der Waals surface area contributed by atoms with Gasteiger partial charge >= 0.3 is 0 Å². The van der Waals surface area contributed by atoms with Gasteiger partial charge in [0.05, 0.1) is 27.1 Å². The van der Waals surface area contributed by atoms with Crippen LogP contribution in [0.25, 0.3) is 11.2 Å². The lowest BCUT2D eigenvalue weighted by Gasteiger charge is -2.30. The molecule has 1 aliphatic heterocycles. The van der Waals surface area contributed by atoms with Crippen LogP contribution in [0.15, 0.2) is 12.7 Å². The number of fused-ring (bicyclic) bond motifs is 1. The molecule has 3 rings (SSSR count). The fraction of sp³-hybridized carbons (Fsp3) is 0.500. The predicted octanol–water partition coefficient (Wildman–Crippen LogP) is -2.05. The Balaban J connectivity index is 1.87. The van der Waals surface area contributed by atoms with Crippen molar-refractivity contribution in [3.8, 4) is 0 Å². The largest absolute Gasteiger partial charge is 0.790 e. The van der Waals surface area contributed by atoms with Crippen molar-refractivity contribution >= 4 is 31.2 Å². The second-order valence-corrected chi connectivity index (χ2v) is 6.39. The van der Waals surface area contributed by atoms with E-state index in [0.717, 1.165) is 0 Å². The number of phosphoric ester groups is 1. The molecule has 3 N–H and O–H groups in total. The molecule has 0 amide bonds. The van der Waals surface area contributed by atoms with Crippen LogP contribution in [0.4, 0.5) is 0 Å². The first-order valence-electron chi connectivity index (χ1n) is 6.36. The van der Waals surface area contributed by atoms with E-state index in [1.807, 2.05) is 0 Å². The summed E-state index contributed by atoms with van der Waals surface area (Å²) in [5.74, 6) is 0. The van der Waals surface area contributed by atoms with Gasteiger partial charge < -0.3 is 38.8 Å². The van der Waals surface area contributed by atoms with Crippen molar-refractivity contribution in [3.05, 3.63) is 17.3 Å². The van der Waals surface area contributed by atoms with Gasteiger partial charge in [-0.25, -0.2) is 9.97 Å². The SMILES string of the molecule is O=P([O-])([O-])OCC1OC(n2cnc3c(=S)nc[nH]c32)C(O)C1O. The standard InChI is InChI=1S/C10H13N4O7PS/c15-6-4(1-20-22(17,18)19)21-10(7(6)16)14-3-13-5-8(14)11-2-12-9(5)23/h2-4,6-7,10,15-16H,1H2,(H,11,12,23)(H2,17,18,19)/p-2. The third-order valence-corrected chi connectivity index (χ3v) is 4.15. The zero-order valence-corrected chi connectivity index (χ0v) is 13.0. The van der Waals surface area contributed by atoms with E-state index in [1.54, 1.807) is 0 Å². The van der Waals surface area contributed by atoms with Gasteiger partial charge in [0.25, 0.3) is 0 Å². The number of aromatic amines is 1. The van der Waals surface area contributed by atoms with Gasteiger partial charge in [-0.05, 0) is 0 Å². The summed E-state index contributed by atoms with van der Waals surface area (Å²) in [6.45, 7) is -0.705. The number of phosphoric acid groups is 1. The van der Waals surface area contributed by atoms with E-state index in [4.69, 9.17) is 17.0 Å². The summed E-state index contributed by atoms with van der Waals surface area (Å²) in [5.41, 5.74) is 0.775. The monoisotopic (exact) mass is 362 g/mol. The summed E-state index contributed by atoms with van der Waals surface area (Å²) in [6, 6.07) is 0. The number of ether oxygens (including phenoxy) is 1. The quantitative estimate of drug-likeness (QED) is 0.406.